The fourth-order valence-corrected chi connectivity index (χ4v) is 1.63. The largest absolute Gasteiger partial charge is 0.496 e. The van der Waals surface area contributed by atoms with Crippen LogP contribution >= 0.6 is 0 Å². The van der Waals surface area contributed by atoms with Gasteiger partial charge in [-0.25, -0.2) is 0 Å². The second-order valence-corrected chi connectivity index (χ2v) is 4.11. The summed E-state index contributed by atoms with van der Waals surface area (Å²) in [6.07, 6.45) is -4.39. The Bertz CT molecular complexity index is 466. The van der Waals surface area contributed by atoms with E-state index in [4.69, 9.17) is 4.74 Å². The van der Waals surface area contributed by atoms with E-state index in [2.05, 4.69) is 6.58 Å². The van der Waals surface area contributed by atoms with Crippen LogP contribution in [-0.2, 0) is 5.60 Å². The molecule has 0 aromatic heterocycles. The molecule has 5 heteroatoms. The highest BCUT2D eigenvalue weighted by Gasteiger charge is 2.54. The van der Waals surface area contributed by atoms with Gasteiger partial charge in [0.25, 0.3) is 0 Å². The molecule has 1 rings (SSSR count). The summed E-state index contributed by atoms with van der Waals surface area (Å²) in [4.78, 5) is 0. The summed E-state index contributed by atoms with van der Waals surface area (Å²) in [5, 5.41) is 9.83. The van der Waals surface area contributed by atoms with Crippen molar-refractivity contribution in [2.75, 3.05) is 7.11 Å². The number of rotatable bonds is 3. The first-order valence-corrected chi connectivity index (χ1v) is 5.25. The van der Waals surface area contributed by atoms with E-state index < -0.39 is 11.8 Å². The molecule has 18 heavy (non-hydrogen) atoms. The maximum Gasteiger partial charge on any atom is 0.425 e. The van der Waals surface area contributed by atoms with Crippen molar-refractivity contribution in [2.24, 2.45) is 0 Å². The fraction of sp³-hybridized carbons (Fsp3) is 0.385. The number of hydrogen-bond acceptors (Lipinski definition) is 2. The van der Waals surface area contributed by atoms with Gasteiger partial charge in [-0.05, 0) is 43.2 Å². The summed E-state index contributed by atoms with van der Waals surface area (Å²) in [5.74, 6) is -0.0159. The molecule has 0 bridgehead atoms. The summed E-state index contributed by atoms with van der Waals surface area (Å²) in [5.41, 5.74) is -2.05. The lowest BCUT2D eigenvalue weighted by Gasteiger charge is -2.29. The molecule has 1 N–H and O–H groups in total. The third-order valence-corrected chi connectivity index (χ3v) is 2.95. The summed E-state index contributed by atoms with van der Waals surface area (Å²) < 4.78 is 43.8. The van der Waals surface area contributed by atoms with E-state index in [0.29, 0.717) is 11.6 Å². The molecule has 0 radical (unpaired) electrons. The van der Waals surface area contributed by atoms with Crippen LogP contribution in [0.1, 0.15) is 16.7 Å². The molecular formula is C13H15F3O2. The van der Waals surface area contributed by atoms with Gasteiger partial charge >= 0.3 is 6.18 Å². The molecule has 0 aliphatic heterocycles. The van der Waals surface area contributed by atoms with Crippen molar-refractivity contribution >= 4 is 0 Å². The Morgan fingerprint density at radius 1 is 1.22 bits per heavy atom. The molecule has 0 aliphatic carbocycles. The maximum absolute atomic E-state index is 13.0. The van der Waals surface area contributed by atoms with Gasteiger partial charge in [-0.2, -0.15) is 13.2 Å². The molecular weight excluding hydrogens is 245 g/mol. The molecule has 0 amide bonds. The summed E-state index contributed by atoms with van der Waals surface area (Å²) >= 11 is 0. The number of benzene rings is 1. The van der Waals surface area contributed by atoms with Crippen molar-refractivity contribution in [3.8, 4) is 5.75 Å². The zero-order valence-electron chi connectivity index (χ0n) is 10.4. The van der Waals surface area contributed by atoms with Crippen LogP contribution in [0.25, 0.3) is 0 Å². The predicted octanol–water partition coefficient (Wildman–Crippen LogP) is 3.25. The highest BCUT2D eigenvalue weighted by molar-refractivity contribution is 5.47. The molecule has 0 fully saturated rings. The van der Waals surface area contributed by atoms with Gasteiger partial charge in [0.15, 0.2) is 0 Å². The Morgan fingerprint density at radius 3 is 2.11 bits per heavy atom. The molecule has 0 spiro atoms. The van der Waals surface area contributed by atoms with Crippen LogP contribution in [-0.4, -0.2) is 18.4 Å². The van der Waals surface area contributed by atoms with Crippen LogP contribution in [0.4, 0.5) is 13.2 Å². The van der Waals surface area contributed by atoms with E-state index in [9.17, 15) is 18.3 Å². The second kappa shape index (κ2) is 4.65. The van der Waals surface area contributed by atoms with Crippen LogP contribution in [0.3, 0.4) is 0 Å². The number of halogens is 3. The monoisotopic (exact) mass is 260 g/mol. The van der Waals surface area contributed by atoms with Crippen LogP contribution in [0.15, 0.2) is 24.8 Å². The number of aliphatic hydroxyl groups is 1. The number of ether oxygens (including phenoxy) is 1. The number of aryl methyl sites for hydroxylation is 2. The van der Waals surface area contributed by atoms with Crippen LogP contribution in [0, 0.1) is 13.8 Å². The van der Waals surface area contributed by atoms with E-state index in [1.54, 1.807) is 13.8 Å². The van der Waals surface area contributed by atoms with Crippen molar-refractivity contribution in [3.63, 3.8) is 0 Å². The van der Waals surface area contributed by atoms with E-state index in [1.165, 1.54) is 19.2 Å². The smallest absolute Gasteiger partial charge is 0.425 e. The SMILES string of the molecule is C=CC(O)(c1cc(C)c(C)cc1OC)C(F)(F)F. The first-order valence-electron chi connectivity index (χ1n) is 5.25. The first-order chi connectivity index (χ1) is 8.17. The average Bonchev–Trinajstić information content (AvgIpc) is 2.29. The molecule has 0 heterocycles. The minimum absolute atomic E-state index is 0.0159. The summed E-state index contributed by atoms with van der Waals surface area (Å²) in [6, 6.07) is 2.73. The van der Waals surface area contributed by atoms with Crippen LogP contribution < -0.4 is 4.74 Å². The number of alkyl halides is 3. The quantitative estimate of drug-likeness (QED) is 0.845. The molecule has 1 atom stereocenters. The van der Waals surface area contributed by atoms with Gasteiger partial charge in [0, 0.05) is 5.56 Å². The van der Waals surface area contributed by atoms with Gasteiger partial charge in [-0.1, -0.05) is 6.58 Å². The highest BCUT2D eigenvalue weighted by Crippen LogP contribution is 2.44. The third kappa shape index (κ3) is 2.22. The molecule has 100 valence electrons. The number of hydrogen-bond donors (Lipinski definition) is 1. The van der Waals surface area contributed by atoms with Gasteiger partial charge < -0.3 is 9.84 Å². The molecule has 1 aromatic rings. The molecule has 0 aliphatic rings. The summed E-state index contributed by atoms with van der Waals surface area (Å²) in [6.45, 7) is 6.49. The van der Waals surface area contributed by atoms with E-state index in [1.807, 2.05) is 0 Å². The lowest BCUT2D eigenvalue weighted by Crippen LogP contribution is -2.40. The zero-order valence-corrected chi connectivity index (χ0v) is 10.4. The van der Waals surface area contributed by atoms with E-state index in [0.717, 1.165) is 5.56 Å². The van der Waals surface area contributed by atoms with Crippen molar-refractivity contribution in [1.82, 2.24) is 0 Å². The molecule has 0 saturated carbocycles. The van der Waals surface area contributed by atoms with E-state index in [-0.39, 0.29) is 11.3 Å². The van der Waals surface area contributed by atoms with Gasteiger partial charge in [0.05, 0.1) is 7.11 Å². The van der Waals surface area contributed by atoms with Gasteiger partial charge in [-0.15, -0.1) is 0 Å². The van der Waals surface area contributed by atoms with Crippen molar-refractivity contribution in [2.45, 2.75) is 25.6 Å². The minimum atomic E-state index is -4.86. The average molecular weight is 260 g/mol. The van der Waals surface area contributed by atoms with Crippen LogP contribution in [0.5, 0.6) is 5.75 Å². The molecule has 1 unspecified atom stereocenters. The fourth-order valence-electron chi connectivity index (χ4n) is 1.63. The van der Waals surface area contributed by atoms with Gasteiger partial charge in [0.1, 0.15) is 5.75 Å². The lowest BCUT2D eigenvalue weighted by molar-refractivity contribution is -0.245. The normalized spacial score (nSPS) is 15.1. The third-order valence-electron chi connectivity index (χ3n) is 2.95. The van der Waals surface area contributed by atoms with Gasteiger partial charge in [0.2, 0.25) is 5.60 Å². The number of methoxy groups -OCH3 is 1. The molecule has 2 nitrogen and oxygen atoms in total. The maximum atomic E-state index is 13.0. The Morgan fingerprint density at radius 2 is 1.72 bits per heavy atom. The minimum Gasteiger partial charge on any atom is -0.496 e. The Balaban J connectivity index is 3.57. The van der Waals surface area contributed by atoms with Crippen molar-refractivity contribution in [3.05, 3.63) is 41.5 Å². The van der Waals surface area contributed by atoms with Crippen LogP contribution in [0.2, 0.25) is 0 Å². The standard InChI is InChI=1S/C13H15F3O2/c1-5-12(17,13(14,15)16)10-6-8(2)9(3)7-11(10)18-4/h5-7,17H,1H2,2-4H3. The first kappa shape index (κ1) is 14.6. The Hall–Kier alpha value is -1.49. The molecule has 0 saturated heterocycles. The summed E-state index contributed by atoms with van der Waals surface area (Å²) in [7, 11) is 1.26. The van der Waals surface area contributed by atoms with Crippen molar-refractivity contribution in [1.29, 1.82) is 0 Å². The van der Waals surface area contributed by atoms with E-state index >= 15 is 0 Å². The highest BCUT2D eigenvalue weighted by atomic mass is 19.4. The Labute approximate surface area is 104 Å². The zero-order chi connectivity index (χ0) is 14.1. The molecule has 1 aromatic carbocycles. The second-order valence-electron chi connectivity index (χ2n) is 4.11. The Kier molecular flexibility index (Phi) is 3.76. The lowest BCUT2D eigenvalue weighted by atomic mass is 9.89. The van der Waals surface area contributed by atoms with Gasteiger partial charge in [-0.3, -0.25) is 0 Å². The van der Waals surface area contributed by atoms with Crippen molar-refractivity contribution < 1.29 is 23.0 Å². The topological polar surface area (TPSA) is 29.5 Å². The predicted molar refractivity (Wildman–Crippen MR) is 62.6 cm³/mol.